The van der Waals surface area contributed by atoms with E-state index in [9.17, 15) is 14.4 Å². The van der Waals surface area contributed by atoms with Gasteiger partial charge in [0.05, 0.1) is 6.61 Å². The summed E-state index contributed by atoms with van der Waals surface area (Å²) in [6.07, 6.45) is -0.879. The van der Waals surface area contributed by atoms with E-state index in [2.05, 4.69) is 10.6 Å². The molecule has 25 heavy (non-hydrogen) atoms. The lowest BCUT2D eigenvalue weighted by Gasteiger charge is -2.22. The number of rotatable bonds is 8. The smallest absolute Gasteiger partial charge is 0.408 e. The molecule has 0 heterocycles. The largest absolute Gasteiger partial charge is 0.480 e. The first-order valence-corrected chi connectivity index (χ1v) is 8.07. The topological polar surface area (TPSA) is 123 Å². The minimum absolute atomic E-state index is 0.207. The van der Waals surface area contributed by atoms with E-state index in [1.54, 1.807) is 41.5 Å². The highest BCUT2D eigenvalue weighted by atomic mass is 16.6. The summed E-state index contributed by atoms with van der Waals surface area (Å²) >= 11 is 0. The molecule has 3 N–H and O–H groups in total. The first-order chi connectivity index (χ1) is 11.3. The fourth-order valence-electron chi connectivity index (χ4n) is 1.50. The molecule has 1 atom stereocenters. The molecule has 0 radical (unpaired) electrons. The first kappa shape index (κ1) is 23.0. The Morgan fingerprint density at radius 3 is 1.96 bits per heavy atom. The molecule has 0 aromatic heterocycles. The molecule has 0 bridgehead atoms. The molecule has 0 saturated carbocycles. The Balaban J connectivity index is 4.00. The zero-order valence-corrected chi connectivity index (χ0v) is 15.8. The van der Waals surface area contributed by atoms with Crippen LogP contribution in [0.2, 0.25) is 0 Å². The molecule has 0 aliphatic rings. The number of hydrogen-bond acceptors (Lipinski definition) is 6. The Morgan fingerprint density at radius 1 is 0.960 bits per heavy atom. The molecule has 1 unspecified atom stereocenters. The van der Waals surface area contributed by atoms with Crippen LogP contribution in [0.3, 0.4) is 0 Å². The van der Waals surface area contributed by atoms with Crippen LogP contribution in [-0.4, -0.2) is 60.3 Å². The SMILES string of the molecule is CC(C)(C)OC(=O)NCCCOCC(NC(=O)OC(C)(C)C)C(=O)O. The van der Waals surface area contributed by atoms with Crippen LogP contribution in [0, 0.1) is 0 Å². The van der Waals surface area contributed by atoms with Crippen molar-refractivity contribution < 1.29 is 33.7 Å². The van der Waals surface area contributed by atoms with E-state index >= 15 is 0 Å². The van der Waals surface area contributed by atoms with Crippen molar-refractivity contribution in [1.82, 2.24) is 10.6 Å². The van der Waals surface area contributed by atoms with Crippen molar-refractivity contribution >= 4 is 18.2 Å². The molecular formula is C16H30N2O7. The van der Waals surface area contributed by atoms with Gasteiger partial charge in [0.25, 0.3) is 0 Å². The Labute approximate surface area is 148 Å². The van der Waals surface area contributed by atoms with Gasteiger partial charge in [-0.3, -0.25) is 0 Å². The first-order valence-electron chi connectivity index (χ1n) is 8.07. The molecule has 0 aromatic carbocycles. The number of carboxylic acids is 1. The maximum Gasteiger partial charge on any atom is 0.408 e. The molecule has 0 spiro atoms. The molecule has 146 valence electrons. The van der Waals surface area contributed by atoms with Gasteiger partial charge in [-0.25, -0.2) is 14.4 Å². The van der Waals surface area contributed by atoms with Crippen LogP contribution in [0.1, 0.15) is 48.0 Å². The van der Waals surface area contributed by atoms with Gasteiger partial charge in [-0.1, -0.05) is 0 Å². The van der Waals surface area contributed by atoms with Crippen molar-refractivity contribution in [1.29, 1.82) is 0 Å². The Morgan fingerprint density at radius 2 is 1.48 bits per heavy atom. The predicted octanol–water partition coefficient (Wildman–Crippen LogP) is 1.90. The van der Waals surface area contributed by atoms with E-state index in [1.165, 1.54) is 0 Å². The molecular weight excluding hydrogens is 332 g/mol. The monoisotopic (exact) mass is 362 g/mol. The van der Waals surface area contributed by atoms with Crippen molar-refractivity contribution in [2.45, 2.75) is 65.2 Å². The molecule has 0 aliphatic carbocycles. The lowest BCUT2D eigenvalue weighted by Crippen LogP contribution is -2.46. The minimum Gasteiger partial charge on any atom is -0.480 e. The molecule has 0 rings (SSSR count). The molecule has 0 saturated heterocycles. The van der Waals surface area contributed by atoms with E-state index in [0.29, 0.717) is 13.0 Å². The number of aliphatic carboxylic acids is 1. The average molecular weight is 362 g/mol. The minimum atomic E-state index is -1.22. The number of nitrogens with one attached hydrogen (secondary N) is 2. The fraction of sp³-hybridized carbons (Fsp3) is 0.812. The van der Waals surface area contributed by atoms with Crippen molar-refractivity contribution in [3.05, 3.63) is 0 Å². The number of ether oxygens (including phenoxy) is 3. The van der Waals surface area contributed by atoms with Crippen molar-refractivity contribution in [2.75, 3.05) is 19.8 Å². The van der Waals surface area contributed by atoms with Crippen LogP contribution < -0.4 is 10.6 Å². The van der Waals surface area contributed by atoms with E-state index in [4.69, 9.17) is 19.3 Å². The Kier molecular flexibility index (Phi) is 9.25. The van der Waals surface area contributed by atoms with E-state index in [-0.39, 0.29) is 13.2 Å². The number of hydrogen-bond donors (Lipinski definition) is 3. The quantitative estimate of drug-likeness (QED) is 0.563. The molecule has 9 heteroatoms. The van der Waals surface area contributed by atoms with Gasteiger partial charge in [-0.05, 0) is 48.0 Å². The summed E-state index contributed by atoms with van der Waals surface area (Å²) in [7, 11) is 0. The average Bonchev–Trinajstić information content (AvgIpc) is 2.36. The zero-order chi connectivity index (χ0) is 19.7. The van der Waals surface area contributed by atoms with Gasteiger partial charge >= 0.3 is 18.2 Å². The van der Waals surface area contributed by atoms with Crippen LogP contribution in [0.15, 0.2) is 0 Å². The van der Waals surface area contributed by atoms with E-state index in [1.807, 2.05) is 0 Å². The highest BCUT2D eigenvalue weighted by molar-refractivity contribution is 5.80. The third kappa shape index (κ3) is 14.1. The Hall–Kier alpha value is -2.03. The maximum absolute atomic E-state index is 11.6. The van der Waals surface area contributed by atoms with Gasteiger partial charge in [-0.15, -0.1) is 0 Å². The Bertz CT molecular complexity index is 452. The lowest BCUT2D eigenvalue weighted by molar-refractivity contribution is -0.141. The second kappa shape index (κ2) is 10.1. The summed E-state index contributed by atoms with van der Waals surface area (Å²) in [4.78, 5) is 34.1. The van der Waals surface area contributed by atoms with E-state index < -0.39 is 35.4 Å². The maximum atomic E-state index is 11.6. The summed E-state index contributed by atoms with van der Waals surface area (Å²) in [5.74, 6) is -1.22. The summed E-state index contributed by atoms with van der Waals surface area (Å²) in [5, 5.41) is 13.9. The summed E-state index contributed by atoms with van der Waals surface area (Å²) < 4.78 is 15.3. The van der Waals surface area contributed by atoms with Gasteiger partial charge in [0, 0.05) is 13.2 Å². The van der Waals surface area contributed by atoms with Crippen LogP contribution >= 0.6 is 0 Å². The zero-order valence-electron chi connectivity index (χ0n) is 15.8. The van der Waals surface area contributed by atoms with Crippen molar-refractivity contribution in [3.8, 4) is 0 Å². The van der Waals surface area contributed by atoms with Crippen LogP contribution in [0.25, 0.3) is 0 Å². The molecule has 0 aromatic rings. The number of amides is 2. The van der Waals surface area contributed by atoms with Gasteiger partial charge in [0.1, 0.15) is 11.2 Å². The fourth-order valence-corrected chi connectivity index (χ4v) is 1.50. The second-order valence-electron chi connectivity index (χ2n) is 7.39. The number of carbonyl (C=O) groups excluding carboxylic acids is 2. The normalized spacial score (nSPS) is 12.9. The predicted molar refractivity (Wildman–Crippen MR) is 90.5 cm³/mol. The van der Waals surface area contributed by atoms with Gasteiger partial charge < -0.3 is 30.0 Å². The lowest BCUT2D eigenvalue weighted by atomic mass is 10.2. The van der Waals surface area contributed by atoms with Gasteiger partial charge in [0.2, 0.25) is 0 Å². The molecule has 0 fully saturated rings. The molecule has 2 amide bonds. The standard InChI is InChI=1S/C16H30N2O7/c1-15(2,3)24-13(21)17-8-7-9-23-10-11(12(19)20)18-14(22)25-16(4,5)6/h11H,7-10H2,1-6H3,(H,17,21)(H,18,22)(H,19,20). The summed E-state index contributed by atoms with van der Waals surface area (Å²) in [6.45, 7) is 10.7. The van der Waals surface area contributed by atoms with Crippen molar-refractivity contribution in [3.63, 3.8) is 0 Å². The van der Waals surface area contributed by atoms with Gasteiger partial charge in [0.15, 0.2) is 6.04 Å². The van der Waals surface area contributed by atoms with Crippen LogP contribution in [-0.2, 0) is 19.0 Å². The number of carbonyl (C=O) groups is 3. The van der Waals surface area contributed by atoms with Crippen LogP contribution in [0.4, 0.5) is 9.59 Å². The number of alkyl carbamates (subject to hydrolysis) is 2. The highest BCUT2D eigenvalue weighted by Gasteiger charge is 2.24. The number of carboxylic acid groups (broad SMARTS) is 1. The summed E-state index contributed by atoms with van der Waals surface area (Å²) in [6, 6.07) is -1.21. The molecule has 9 nitrogen and oxygen atoms in total. The van der Waals surface area contributed by atoms with Crippen molar-refractivity contribution in [2.24, 2.45) is 0 Å². The highest BCUT2D eigenvalue weighted by Crippen LogP contribution is 2.07. The third-order valence-electron chi connectivity index (χ3n) is 2.41. The van der Waals surface area contributed by atoms with E-state index in [0.717, 1.165) is 0 Å². The van der Waals surface area contributed by atoms with Crippen LogP contribution in [0.5, 0.6) is 0 Å². The summed E-state index contributed by atoms with van der Waals surface area (Å²) in [5.41, 5.74) is -1.29. The third-order valence-corrected chi connectivity index (χ3v) is 2.41. The second-order valence-corrected chi connectivity index (χ2v) is 7.39. The molecule has 0 aliphatic heterocycles. The van der Waals surface area contributed by atoms with Gasteiger partial charge in [-0.2, -0.15) is 0 Å².